The van der Waals surface area contributed by atoms with Crippen molar-refractivity contribution in [1.82, 2.24) is 0 Å². The van der Waals surface area contributed by atoms with Crippen LogP contribution < -0.4 is 0 Å². The van der Waals surface area contributed by atoms with Gasteiger partial charge in [-0.15, -0.1) is 18.2 Å². The molecular formula is C16H14BrClO2. The molecular weight excluding hydrogens is 340 g/mol. The Labute approximate surface area is 131 Å². The maximum absolute atomic E-state index is 12.5. The molecule has 0 saturated carbocycles. The third kappa shape index (κ3) is 3.48. The molecule has 2 atom stereocenters. The lowest BCUT2D eigenvalue weighted by Crippen LogP contribution is -2.30. The molecule has 1 aliphatic rings. The summed E-state index contributed by atoms with van der Waals surface area (Å²) in [6, 6.07) is 9.08. The first-order valence-electron chi connectivity index (χ1n) is 6.18. The topological polar surface area (TPSA) is 26.3 Å². The molecule has 2 nitrogen and oxygen atoms in total. The molecule has 0 saturated heterocycles. The second kappa shape index (κ2) is 7.02. The van der Waals surface area contributed by atoms with E-state index in [0.29, 0.717) is 17.7 Å². The predicted molar refractivity (Wildman–Crippen MR) is 85.4 cm³/mol. The van der Waals surface area contributed by atoms with Gasteiger partial charge in [-0.2, -0.15) is 0 Å². The van der Waals surface area contributed by atoms with Crippen LogP contribution in [-0.4, -0.2) is 23.9 Å². The third-order valence-electron chi connectivity index (χ3n) is 2.91. The van der Waals surface area contributed by atoms with Crippen LogP contribution in [0.15, 0.2) is 65.2 Å². The molecule has 20 heavy (non-hydrogen) atoms. The molecule has 1 aromatic carbocycles. The molecule has 2 unspecified atom stereocenters. The number of Topliss-reactive ketones (excluding diaryl/α,β-unsaturated/α-hetero) is 1. The largest absolute Gasteiger partial charge is 0.368 e. The van der Waals surface area contributed by atoms with Gasteiger partial charge in [-0.05, 0) is 12.2 Å². The van der Waals surface area contributed by atoms with Gasteiger partial charge in [0.25, 0.3) is 0 Å². The smallest absolute Gasteiger partial charge is 0.190 e. The number of ketones is 1. The standard InChI is InChI=1S/C16H14BrClO2/c1-2-8-20-14-10-12(17)9-13(15(14)18)16(19)11-6-4-3-5-7-11/h2-7,9-10,14-15H,1,8H2. The molecule has 104 valence electrons. The van der Waals surface area contributed by atoms with Crippen LogP contribution >= 0.6 is 27.5 Å². The molecule has 0 heterocycles. The minimum atomic E-state index is -0.510. The minimum absolute atomic E-state index is 0.0807. The lowest BCUT2D eigenvalue weighted by atomic mass is 9.94. The van der Waals surface area contributed by atoms with Crippen molar-refractivity contribution in [3.63, 3.8) is 0 Å². The van der Waals surface area contributed by atoms with Crippen LogP contribution in [0.5, 0.6) is 0 Å². The summed E-state index contributed by atoms with van der Waals surface area (Å²) in [5, 5.41) is -0.510. The van der Waals surface area contributed by atoms with Gasteiger partial charge in [0, 0.05) is 15.6 Å². The van der Waals surface area contributed by atoms with Crippen molar-refractivity contribution in [2.45, 2.75) is 11.5 Å². The van der Waals surface area contributed by atoms with E-state index in [9.17, 15) is 4.79 Å². The van der Waals surface area contributed by atoms with E-state index in [-0.39, 0.29) is 11.9 Å². The van der Waals surface area contributed by atoms with E-state index in [1.54, 1.807) is 24.3 Å². The Kier molecular flexibility index (Phi) is 5.35. The van der Waals surface area contributed by atoms with Crippen molar-refractivity contribution in [2.75, 3.05) is 6.61 Å². The predicted octanol–water partition coefficient (Wildman–Crippen LogP) is 4.27. The van der Waals surface area contributed by atoms with Crippen molar-refractivity contribution < 1.29 is 9.53 Å². The van der Waals surface area contributed by atoms with Gasteiger partial charge in [-0.25, -0.2) is 0 Å². The molecule has 0 spiro atoms. The van der Waals surface area contributed by atoms with Gasteiger partial charge < -0.3 is 4.74 Å². The minimum Gasteiger partial charge on any atom is -0.368 e. The average molecular weight is 354 g/mol. The van der Waals surface area contributed by atoms with Gasteiger partial charge >= 0.3 is 0 Å². The number of alkyl halides is 1. The van der Waals surface area contributed by atoms with E-state index >= 15 is 0 Å². The van der Waals surface area contributed by atoms with Crippen molar-refractivity contribution in [3.8, 4) is 0 Å². The van der Waals surface area contributed by atoms with E-state index in [2.05, 4.69) is 22.5 Å². The second-order valence-electron chi connectivity index (χ2n) is 4.33. The Bertz CT molecular complexity index is 563. The van der Waals surface area contributed by atoms with Gasteiger partial charge in [0.15, 0.2) is 5.78 Å². The number of allylic oxidation sites excluding steroid dienone is 2. The van der Waals surface area contributed by atoms with Crippen LogP contribution in [0.1, 0.15) is 10.4 Å². The molecule has 2 rings (SSSR count). The zero-order valence-corrected chi connectivity index (χ0v) is 13.1. The van der Waals surface area contributed by atoms with Crippen molar-refractivity contribution >= 4 is 33.3 Å². The highest BCUT2D eigenvalue weighted by atomic mass is 79.9. The molecule has 0 bridgehead atoms. The average Bonchev–Trinajstić information content (AvgIpc) is 2.48. The summed E-state index contributed by atoms with van der Waals surface area (Å²) >= 11 is 9.78. The van der Waals surface area contributed by atoms with Gasteiger partial charge in [0.1, 0.15) is 0 Å². The third-order valence-corrected chi connectivity index (χ3v) is 3.88. The first kappa shape index (κ1) is 15.2. The van der Waals surface area contributed by atoms with Crippen LogP contribution in [0.4, 0.5) is 0 Å². The lowest BCUT2D eigenvalue weighted by Gasteiger charge is -2.25. The highest BCUT2D eigenvalue weighted by Crippen LogP contribution is 2.30. The number of carbonyl (C=O) groups is 1. The molecule has 0 fully saturated rings. The summed E-state index contributed by atoms with van der Waals surface area (Å²) in [6.07, 6.45) is 4.91. The molecule has 0 N–H and O–H groups in total. The summed E-state index contributed by atoms with van der Waals surface area (Å²) in [4.78, 5) is 12.5. The van der Waals surface area contributed by atoms with Gasteiger partial charge in [-0.1, -0.05) is 52.3 Å². The number of hydrogen-bond donors (Lipinski definition) is 0. The fourth-order valence-corrected chi connectivity index (χ4v) is 2.77. The fraction of sp³-hybridized carbons (Fsp3) is 0.188. The van der Waals surface area contributed by atoms with E-state index in [0.717, 1.165) is 4.48 Å². The normalized spacial score (nSPS) is 21.9. The number of benzene rings is 1. The Balaban J connectivity index is 2.25. The molecule has 1 aliphatic carbocycles. The summed E-state index contributed by atoms with van der Waals surface area (Å²) in [6.45, 7) is 4.00. The zero-order chi connectivity index (χ0) is 14.5. The summed E-state index contributed by atoms with van der Waals surface area (Å²) in [5.41, 5.74) is 1.15. The zero-order valence-electron chi connectivity index (χ0n) is 10.8. The Morgan fingerprint density at radius 2 is 2.10 bits per heavy atom. The maximum Gasteiger partial charge on any atom is 0.190 e. The molecule has 0 aliphatic heterocycles. The first-order chi connectivity index (χ1) is 9.63. The molecule has 0 radical (unpaired) electrons. The highest BCUT2D eigenvalue weighted by Gasteiger charge is 2.30. The number of rotatable bonds is 5. The first-order valence-corrected chi connectivity index (χ1v) is 7.41. The number of halogens is 2. The number of carbonyl (C=O) groups excluding carboxylic acids is 1. The van der Waals surface area contributed by atoms with Crippen molar-refractivity contribution in [3.05, 3.63) is 70.8 Å². The second-order valence-corrected chi connectivity index (χ2v) is 5.72. The van der Waals surface area contributed by atoms with E-state index < -0.39 is 5.38 Å². The maximum atomic E-state index is 12.5. The number of hydrogen-bond acceptors (Lipinski definition) is 2. The molecule has 4 heteroatoms. The fourth-order valence-electron chi connectivity index (χ4n) is 1.95. The molecule has 1 aromatic rings. The van der Waals surface area contributed by atoms with Crippen LogP contribution in [0, 0.1) is 0 Å². The number of ether oxygens (including phenoxy) is 1. The van der Waals surface area contributed by atoms with Gasteiger partial charge in [-0.3, -0.25) is 4.79 Å². The Morgan fingerprint density at radius 1 is 1.40 bits per heavy atom. The van der Waals surface area contributed by atoms with Crippen molar-refractivity contribution in [2.24, 2.45) is 0 Å². The van der Waals surface area contributed by atoms with Crippen LogP contribution in [-0.2, 0) is 4.74 Å². The van der Waals surface area contributed by atoms with Crippen molar-refractivity contribution in [1.29, 1.82) is 0 Å². The summed E-state index contributed by atoms with van der Waals surface area (Å²) in [7, 11) is 0. The monoisotopic (exact) mass is 352 g/mol. The SMILES string of the molecule is C=CCOC1C=C(Br)C=C(C(=O)c2ccccc2)C1Cl. The van der Waals surface area contributed by atoms with E-state index in [1.165, 1.54) is 0 Å². The van der Waals surface area contributed by atoms with Gasteiger partial charge in [0.05, 0.1) is 18.1 Å². The highest BCUT2D eigenvalue weighted by molar-refractivity contribution is 9.11. The Hall–Kier alpha value is -1.16. The summed E-state index contributed by atoms with van der Waals surface area (Å²) in [5.74, 6) is -0.0807. The lowest BCUT2D eigenvalue weighted by molar-refractivity contribution is 0.0957. The van der Waals surface area contributed by atoms with Crippen LogP contribution in [0.2, 0.25) is 0 Å². The van der Waals surface area contributed by atoms with Gasteiger partial charge in [0.2, 0.25) is 0 Å². The van der Waals surface area contributed by atoms with Crippen LogP contribution in [0.25, 0.3) is 0 Å². The molecule has 0 amide bonds. The van der Waals surface area contributed by atoms with E-state index in [1.807, 2.05) is 24.3 Å². The van der Waals surface area contributed by atoms with E-state index in [4.69, 9.17) is 16.3 Å². The molecule has 0 aromatic heterocycles. The summed E-state index contributed by atoms with van der Waals surface area (Å²) < 4.78 is 6.38. The Morgan fingerprint density at radius 3 is 2.75 bits per heavy atom. The van der Waals surface area contributed by atoms with Crippen LogP contribution in [0.3, 0.4) is 0 Å². The quantitative estimate of drug-likeness (QED) is 0.449.